The highest BCUT2D eigenvalue weighted by Crippen LogP contribution is 2.20. The van der Waals surface area contributed by atoms with Crippen LogP contribution in [-0.4, -0.2) is 17.0 Å². The van der Waals surface area contributed by atoms with Gasteiger partial charge < -0.3 is 5.32 Å². The van der Waals surface area contributed by atoms with Gasteiger partial charge in [-0.25, -0.2) is 0 Å². The van der Waals surface area contributed by atoms with E-state index in [9.17, 15) is 0 Å². The number of hydrogen-bond acceptors (Lipinski definition) is 3. The predicted octanol–water partition coefficient (Wildman–Crippen LogP) is 3.24. The van der Waals surface area contributed by atoms with Crippen LogP contribution in [0.15, 0.2) is 29.3 Å². The van der Waals surface area contributed by atoms with E-state index >= 15 is 0 Å². The minimum Gasteiger partial charge on any atom is -0.335 e. The summed E-state index contributed by atoms with van der Waals surface area (Å²) in [6.45, 7) is 2.11. The van der Waals surface area contributed by atoms with E-state index in [0.29, 0.717) is 6.04 Å². The lowest BCUT2D eigenvalue weighted by molar-refractivity contribution is 0.865. The third kappa shape index (κ3) is 2.42. The van der Waals surface area contributed by atoms with Gasteiger partial charge in [0.2, 0.25) is 0 Å². The monoisotopic (exact) mass is 226 g/mol. The first-order valence-electron chi connectivity index (χ1n) is 4.47. The van der Waals surface area contributed by atoms with E-state index in [2.05, 4.69) is 17.2 Å². The summed E-state index contributed by atoms with van der Waals surface area (Å²) in [5, 5.41) is 5.01. The van der Waals surface area contributed by atoms with Crippen molar-refractivity contribution in [1.29, 1.82) is 0 Å². The van der Waals surface area contributed by atoms with Gasteiger partial charge in [0.1, 0.15) is 0 Å². The number of hydrogen-bond donors (Lipinski definition) is 1. The molecule has 1 atom stereocenters. The fraction of sp³-hybridized carbons (Fsp3) is 0.300. The zero-order valence-electron chi connectivity index (χ0n) is 7.83. The quantitative estimate of drug-likeness (QED) is 0.795. The zero-order valence-corrected chi connectivity index (χ0v) is 9.40. The van der Waals surface area contributed by atoms with Crippen LogP contribution < -0.4 is 5.32 Å². The van der Waals surface area contributed by atoms with E-state index in [1.54, 1.807) is 11.8 Å². The summed E-state index contributed by atoms with van der Waals surface area (Å²) in [5.41, 5.74) is 1.04. The van der Waals surface area contributed by atoms with Crippen molar-refractivity contribution in [2.24, 2.45) is 4.99 Å². The van der Waals surface area contributed by atoms with Crippen molar-refractivity contribution >= 4 is 34.2 Å². The third-order valence-corrected chi connectivity index (χ3v) is 3.28. The Balaban J connectivity index is 2.04. The van der Waals surface area contributed by atoms with E-state index in [1.807, 2.05) is 24.3 Å². The van der Waals surface area contributed by atoms with Gasteiger partial charge in [-0.05, 0) is 31.2 Å². The van der Waals surface area contributed by atoms with Crippen LogP contribution in [-0.2, 0) is 0 Å². The largest absolute Gasteiger partial charge is 0.335 e. The van der Waals surface area contributed by atoms with Crippen LogP contribution in [0.1, 0.15) is 6.92 Å². The fourth-order valence-corrected chi connectivity index (χ4v) is 2.24. The molecule has 0 amide bonds. The summed E-state index contributed by atoms with van der Waals surface area (Å²) < 4.78 is 0. The second-order valence-corrected chi connectivity index (χ2v) is 4.67. The molecule has 1 aliphatic rings. The maximum atomic E-state index is 5.79. The molecule has 0 aliphatic carbocycles. The van der Waals surface area contributed by atoms with Gasteiger partial charge in [0.05, 0.1) is 6.04 Å². The van der Waals surface area contributed by atoms with Crippen LogP contribution in [0.5, 0.6) is 0 Å². The number of rotatable bonds is 1. The lowest BCUT2D eigenvalue weighted by atomic mass is 10.3. The molecule has 0 aromatic heterocycles. The minimum atomic E-state index is 0.426. The van der Waals surface area contributed by atoms with Crippen molar-refractivity contribution in [1.82, 2.24) is 0 Å². The van der Waals surface area contributed by atoms with Gasteiger partial charge >= 0.3 is 0 Å². The molecule has 14 heavy (non-hydrogen) atoms. The molecule has 0 bridgehead atoms. The van der Waals surface area contributed by atoms with Crippen LogP contribution in [0.4, 0.5) is 5.69 Å². The molecule has 2 nitrogen and oxygen atoms in total. The van der Waals surface area contributed by atoms with Gasteiger partial charge in [-0.2, -0.15) is 0 Å². The Bertz CT molecular complexity index is 348. The summed E-state index contributed by atoms with van der Waals surface area (Å²) in [6, 6.07) is 8.07. The van der Waals surface area contributed by atoms with E-state index < -0.39 is 0 Å². The normalized spacial score (nSPS) is 20.7. The predicted molar refractivity (Wildman–Crippen MR) is 64.4 cm³/mol. The number of nitrogens with zero attached hydrogens (tertiary/aromatic N) is 1. The first kappa shape index (κ1) is 9.87. The Hall–Kier alpha value is -0.670. The highest BCUT2D eigenvalue weighted by Gasteiger charge is 2.13. The molecule has 0 saturated heterocycles. The van der Waals surface area contributed by atoms with Crippen LogP contribution in [0.3, 0.4) is 0 Å². The molecule has 1 aromatic carbocycles. The van der Waals surface area contributed by atoms with E-state index in [1.165, 1.54) is 0 Å². The molecule has 0 spiro atoms. The lowest BCUT2D eigenvalue weighted by Crippen LogP contribution is -2.04. The van der Waals surface area contributed by atoms with Crippen molar-refractivity contribution in [3.63, 3.8) is 0 Å². The van der Waals surface area contributed by atoms with Gasteiger partial charge in [0.25, 0.3) is 0 Å². The first-order valence-corrected chi connectivity index (χ1v) is 5.83. The molecular formula is C10H11ClN2S. The van der Waals surface area contributed by atoms with E-state index in [4.69, 9.17) is 11.6 Å². The second kappa shape index (κ2) is 4.24. The molecule has 0 radical (unpaired) electrons. The maximum Gasteiger partial charge on any atom is 0.161 e. The Kier molecular flexibility index (Phi) is 2.99. The first-order chi connectivity index (χ1) is 6.74. The average Bonchev–Trinajstić information content (AvgIpc) is 2.56. The average molecular weight is 227 g/mol. The van der Waals surface area contributed by atoms with Gasteiger partial charge in [-0.1, -0.05) is 23.4 Å². The molecule has 1 N–H and O–H groups in total. The number of amidine groups is 1. The summed E-state index contributed by atoms with van der Waals surface area (Å²) in [6.07, 6.45) is 0. The fourth-order valence-electron chi connectivity index (χ4n) is 1.20. The van der Waals surface area contributed by atoms with Crippen LogP contribution >= 0.6 is 23.4 Å². The Morgan fingerprint density at radius 3 is 2.71 bits per heavy atom. The minimum absolute atomic E-state index is 0.426. The SMILES string of the molecule is CC1CSC(Nc2ccc(Cl)cc2)=N1. The lowest BCUT2D eigenvalue weighted by Gasteiger charge is -2.03. The molecule has 2 rings (SSSR count). The van der Waals surface area contributed by atoms with Crippen molar-refractivity contribution < 1.29 is 0 Å². The number of halogens is 1. The van der Waals surface area contributed by atoms with Crippen LogP contribution in [0.2, 0.25) is 5.02 Å². The van der Waals surface area contributed by atoms with Crippen LogP contribution in [0, 0.1) is 0 Å². The Labute approximate surface area is 92.8 Å². The molecule has 1 aromatic rings. The van der Waals surface area contributed by atoms with Gasteiger partial charge in [0.15, 0.2) is 5.17 Å². The molecule has 74 valence electrons. The van der Waals surface area contributed by atoms with E-state index in [-0.39, 0.29) is 0 Å². The van der Waals surface area contributed by atoms with Crippen molar-refractivity contribution in [3.8, 4) is 0 Å². The Morgan fingerprint density at radius 1 is 1.43 bits per heavy atom. The molecule has 0 saturated carbocycles. The van der Waals surface area contributed by atoms with Gasteiger partial charge in [0, 0.05) is 16.5 Å². The number of benzene rings is 1. The molecule has 1 unspecified atom stereocenters. The van der Waals surface area contributed by atoms with Gasteiger partial charge in [-0.3, -0.25) is 4.99 Å². The number of aliphatic imine (C=N–C) groups is 1. The topological polar surface area (TPSA) is 24.4 Å². The van der Waals surface area contributed by atoms with Crippen LogP contribution in [0.25, 0.3) is 0 Å². The second-order valence-electron chi connectivity index (χ2n) is 3.23. The molecule has 0 fully saturated rings. The zero-order chi connectivity index (χ0) is 9.97. The van der Waals surface area contributed by atoms with Gasteiger partial charge in [-0.15, -0.1) is 0 Å². The highest BCUT2D eigenvalue weighted by atomic mass is 35.5. The standard InChI is InChI=1S/C10H11ClN2S/c1-7-6-14-10(12-7)13-9-4-2-8(11)3-5-9/h2-5,7H,6H2,1H3,(H,12,13). The molecular weight excluding hydrogens is 216 g/mol. The summed E-state index contributed by atoms with van der Waals surface area (Å²) in [5.74, 6) is 1.07. The maximum absolute atomic E-state index is 5.79. The highest BCUT2D eigenvalue weighted by molar-refractivity contribution is 8.14. The summed E-state index contributed by atoms with van der Waals surface area (Å²) in [7, 11) is 0. The molecule has 1 heterocycles. The number of thioether (sulfide) groups is 1. The van der Waals surface area contributed by atoms with Crippen molar-refractivity contribution in [3.05, 3.63) is 29.3 Å². The Morgan fingerprint density at radius 2 is 2.14 bits per heavy atom. The summed E-state index contributed by atoms with van der Waals surface area (Å²) >= 11 is 7.54. The summed E-state index contributed by atoms with van der Waals surface area (Å²) in [4.78, 5) is 4.44. The third-order valence-electron chi connectivity index (χ3n) is 1.89. The van der Waals surface area contributed by atoms with Crippen molar-refractivity contribution in [2.45, 2.75) is 13.0 Å². The number of nitrogens with one attached hydrogen (secondary N) is 1. The smallest absolute Gasteiger partial charge is 0.161 e. The molecule has 1 aliphatic heterocycles. The van der Waals surface area contributed by atoms with Crippen molar-refractivity contribution in [2.75, 3.05) is 11.1 Å². The molecule has 4 heteroatoms. The number of anilines is 1. The van der Waals surface area contributed by atoms with E-state index in [0.717, 1.165) is 21.6 Å².